The van der Waals surface area contributed by atoms with Crippen LogP contribution in [0.1, 0.15) is 221 Å². The largest absolute Gasteiger partial charge is 0.509 e. The molecule has 20 aliphatic rings. The minimum Gasteiger partial charge on any atom is -0.509 e. The Morgan fingerprint density at radius 3 is 2.42 bits per heavy atom. The molecule has 11 aliphatic carbocycles. The number of nitrogens with two attached hydrogens (primary N) is 1. The van der Waals surface area contributed by atoms with Crippen molar-refractivity contribution >= 4 is 11.9 Å². The zero-order valence-electron chi connectivity index (χ0n) is 47.5. The number of aliphatic hydroxyl groups excluding tert-OH is 1. The van der Waals surface area contributed by atoms with Crippen molar-refractivity contribution in [2.45, 2.75) is 224 Å². The number of benzene rings is 1. The first-order valence-electron chi connectivity index (χ1n) is 33.4. The lowest BCUT2D eigenvalue weighted by Crippen LogP contribution is -2.78. The fourth-order valence-electron chi connectivity index (χ4n) is 27.2. The van der Waals surface area contributed by atoms with Gasteiger partial charge in [0, 0.05) is 67.2 Å². The minimum absolute atomic E-state index is 0.110. The first-order chi connectivity index (χ1) is 38.1. The van der Waals surface area contributed by atoms with Gasteiger partial charge < -0.3 is 25.2 Å². The lowest BCUT2D eigenvalue weighted by molar-refractivity contribution is -0.284. The van der Waals surface area contributed by atoms with Gasteiger partial charge >= 0.3 is 11.9 Å². The molecule has 0 amide bonds. The maximum absolute atomic E-state index is 16.9. The molecule has 1 aromatic carbocycles. The van der Waals surface area contributed by atoms with Gasteiger partial charge in [-0.05, 0) is 216 Å². The number of esters is 2. The predicted octanol–water partition coefficient (Wildman–Crippen LogP) is 14.1. The van der Waals surface area contributed by atoms with Gasteiger partial charge in [-0.3, -0.25) is 9.69 Å². The monoisotopic (exact) mass is 1050 g/mol. The van der Waals surface area contributed by atoms with E-state index in [-0.39, 0.29) is 35.2 Å². The molecule has 1 aromatic rings. The number of carbonyl (C=O) groups excluding carboxylic acids is 2. The van der Waals surface area contributed by atoms with E-state index in [4.69, 9.17) is 15.2 Å². The number of hydrogen-bond donors (Lipinski definition) is 2. The summed E-state index contributed by atoms with van der Waals surface area (Å²) in [7, 11) is 0. The van der Waals surface area contributed by atoms with Gasteiger partial charge in [0.1, 0.15) is 11.2 Å². The van der Waals surface area contributed by atoms with Gasteiger partial charge in [-0.2, -0.15) is 0 Å². The number of piperidine rings is 2. The second-order valence-corrected chi connectivity index (χ2v) is 31.2. The Balaban J connectivity index is 0.902. The minimum atomic E-state index is -1.14. The van der Waals surface area contributed by atoms with Gasteiger partial charge in [-0.25, -0.2) is 4.79 Å². The van der Waals surface area contributed by atoms with E-state index in [0.717, 1.165) is 61.9 Å². The van der Waals surface area contributed by atoms with Gasteiger partial charge in [-0.1, -0.05) is 99.3 Å². The number of allylic oxidation sites excluding steroid dienone is 4. The number of rotatable bonds is 5. The number of nitrogens with zero attached hydrogens (tertiary/aromatic N) is 2. The van der Waals surface area contributed by atoms with Crippen LogP contribution in [0.4, 0.5) is 0 Å². The normalized spacial score (nSPS) is 48.3. The third-order valence-corrected chi connectivity index (χ3v) is 29.4. The molecule has 7 saturated carbocycles. The van der Waals surface area contributed by atoms with Crippen molar-refractivity contribution in [1.29, 1.82) is 0 Å². The third-order valence-electron chi connectivity index (χ3n) is 29.4. The highest BCUT2D eigenvalue weighted by Crippen LogP contribution is 2.90. The summed E-state index contributed by atoms with van der Waals surface area (Å²) in [5.74, 6) is 3.83. The molecule has 3 saturated heterocycles. The first kappa shape index (κ1) is 48.2. The molecule has 14 bridgehead atoms. The highest BCUT2D eigenvalue weighted by Gasteiger charge is 2.94. The Hall–Kier alpha value is -3.36. The van der Waals surface area contributed by atoms with E-state index in [0.29, 0.717) is 101 Å². The van der Waals surface area contributed by atoms with E-state index in [2.05, 4.69) is 41.0 Å². The number of ether oxygens (including phenoxy) is 2. The van der Waals surface area contributed by atoms with Crippen molar-refractivity contribution in [3.8, 4) is 0 Å². The quantitative estimate of drug-likeness (QED) is 0.222. The number of carbonyl (C=O) groups is 2. The van der Waals surface area contributed by atoms with Crippen molar-refractivity contribution < 1.29 is 24.2 Å². The molecule has 78 heavy (non-hydrogen) atoms. The summed E-state index contributed by atoms with van der Waals surface area (Å²) in [6, 6.07) is 7.28. The Labute approximate surface area is 465 Å². The molecule has 9 aliphatic heterocycles. The second kappa shape index (κ2) is 16.2. The molecule has 416 valence electrons. The van der Waals surface area contributed by atoms with Crippen LogP contribution in [0.25, 0.3) is 0 Å². The topological polar surface area (TPSA) is 105 Å². The van der Waals surface area contributed by atoms with Crippen LogP contribution in [0, 0.1) is 85.8 Å². The predicted molar refractivity (Wildman–Crippen MR) is 300 cm³/mol. The van der Waals surface area contributed by atoms with E-state index >= 15 is 9.59 Å². The molecule has 8 heteroatoms. The fraction of sp³-hybridized carbons (Fsp3) is 0.771. The Bertz CT molecular complexity index is 2940. The molecule has 0 radical (unpaired) electrons. The molecule has 21 rings (SSSR count). The fourth-order valence-corrected chi connectivity index (χ4v) is 27.2. The highest BCUT2D eigenvalue weighted by atomic mass is 16.6. The molecule has 10 fully saturated rings. The summed E-state index contributed by atoms with van der Waals surface area (Å²) in [4.78, 5) is 38.6. The number of aryl methyl sites for hydroxylation is 1. The average Bonchev–Trinajstić information content (AvgIpc) is 1.57. The maximum Gasteiger partial charge on any atom is 0.339 e. The summed E-state index contributed by atoms with van der Waals surface area (Å²) in [5.41, 5.74) is 15.3. The molecule has 7 spiro atoms. The van der Waals surface area contributed by atoms with Crippen LogP contribution in [0.2, 0.25) is 0 Å². The van der Waals surface area contributed by atoms with Gasteiger partial charge in [0.15, 0.2) is 11.4 Å². The molecule has 1 unspecified atom stereocenters. The van der Waals surface area contributed by atoms with Crippen LogP contribution < -0.4 is 5.73 Å². The third kappa shape index (κ3) is 5.45. The summed E-state index contributed by atoms with van der Waals surface area (Å²) in [6.45, 7) is 6.60. The standard InChI is InChI=1S/C70H91N3O5/c1-41-30-46-17-18-53-48-31-42-38-72(40-48)54(49-35-65(23-7-8-24-65)67(36-49)26-11-25-64(67)21-5-6-22-64)34-55(74)61-68-28-20-50-58-51-37-66(41,59(50)60(46)73(53)39-42)27-19-45(51)32-47(43-12-3-2-4-13-43)33-56(69(58,68)63(76)77-61)70(68)52-16-9-14-44(15-10-29-71)57(52)62(75)78-70/h9,14,16,32,41-43,47-49,51,53-54,56,59,74H,2-8,10-13,15,17-31,33-40,71H2,1H3/b45-32?,61-55+/t41-,42+,47+,48-,49+,51+,53+,54-,56-,59+,66+,67+,68+,69+,70+/m0/s1. The van der Waals surface area contributed by atoms with Gasteiger partial charge in [0.05, 0.1) is 11.0 Å². The molecule has 9 heterocycles. The van der Waals surface area contributed by atoms with Crippen LogP contribution >= 0.6 is 0 Å². The Kier molecular flexibility index (Phi) is 10.0. The summed E-state index contributed by atoms with van der Waals surface area (Å²) in [5, 5.41) is 14.2. The van der Waals surface area contributed by atoms with Gasteiger partial charge in [0.25, 0.3) is 0 Å². The first-order valence-corrected chi connectivity index (χ1v) is 33.4. The van der Waals surface area contributed by atoms with Crippen molar-refractivity contribution in [1.82, 2.24) is 9.80 Å². The molecule has 0 aromatic heterocycles. The second-order valence-electron chi connectivity index (χ2n) is 31.2. The van der Waals surface area contributed by atoms with Crippen molar-refractivity contribution in [2.24, 2.45) is 91.5 Å². The summed E-state index contributed by atoms with van der Waals surface area (Å²) in [6.07, 6.45) is 40.1. The van der Waals surface area contributed by atoms with Crippen LogP contribution in [-0.4, -0.2) is 65.1 Å². The smallest absolute Gasteiger partial charge is 0.339 e. The molecular weight excluding hydrogens is 963 g/mol. The SMILES string of the molecule is C[C@H]1CC2=C3[C@H]4C5=C6[C@@H]7C[C@@]41CCC7=C[C@@H](C1CCCCC1)C[C@H]1[C@]64C(=O)O/C(=C(/O)C[C@@H]([C@@H]6CC7(CCCC7)[C@]7(CCCC78CCCC8)C6)N6C[C@H]7C[C@@H](C6)[C@@H](CC2)N3C7)[C@@]4(CC5)[C@]12OC(=O)c1c(CCCN)cccc12. The van der Waals surface area contributed by atoms with Gasteiger partial charge in [0.2, 0.25) is 0 Å². The number of aliphatic hydroxyl groups is 1. The van der Waals surface area contributed by atoms with Crippen molar-refractivity contribution in [2.75, 3.05) is 26.2 Å². The molecule has 16 atom stereocenters. The Morgan fingerprint density at radius 2 is 1.59 bits per heavy atom. The Morgan fingerprint density at radius 1 is 0.769 bits per heavy atom. The van der Waals surface area contributed by atoms with Crippen LogP contribution in [0.3, 0.4) is 0 Å². The lowest BCUT2D eigenvalue weighted by Gasteiger charge is -2.74. The van der Waals surface area contributed by atoms with Gasteiger partial charge in [-0.15, -0.1) is 0 Å². The van der Waals surface area contributed by atoms with Crippen LogP contribution in [-0.2, 0) is 26.3 Å². The molecular formula is C70H91N3O5. The zero-order chi connectivity index (χ0) is 51.9. The lowest BCUT2D eigenvalue weighted by atomic mass is 9.26. The maximum atomic E-state index is 16.9. The van der Waals surface area contributed by atoms with E-state index < -0.39 is 16.4 Å². The van der Waals surface area contributed by atoms with Crippen LogP contribution in [0.5, 0.6) is 0 Å². The zero-order valence-corrected chi connectivity index (χ0v) is 47.5. The molecule has 8 nitrogen and oxygen atoms in total. The van der Waals surface area contributed by atoms with E-state index in [9.17, 15) is 5.11 Å². The molecule has 3 N–H and O–H groups in total. The van der Waals surface area contributed by atoms with Crippen LogP contribution in [0.15, 0.2) is 63.8 Å². The van der Waals surface area contributed by atoms with E-state index in [1.54, 1.807) is 22.4 Å². The average molecular weight is 1050 g/mol. The van der Waals surface area contributed by atoms with Crippen molar-refractivity contribution in [3.63, 3.8) is 0 Å². The summed E-state index contributed by atoms with van der Waals surface area (Å²) < 4.78 is 15.0. The highest BCUT2D eigenvalue weighted by molar-refractivity contribution is 6.00. The van der Waals surface area contributed by atoms with E-state index in [1.807, 2.05) is 0 Å². The number of hydrogen-bond acceptors (Lipinski definition) is 8. The number of fused-ring (bicyclic) bond motifs is 5. The van der Waals surface area contributed by atoms with Crippen molar-refractivity contribution in [3.05, 3.63) is 80.5 Å². The summed E-state index contributed by atoms with van der Waals surface area (Å²) >= 11 is 0. The van der Waals surface area contributed by atoms with E-state index in [1.165, 1.54) is 160 Å².